The molecule has 157 valence electrons. The van der Waals surface area contributed by atoms with Gasteiger partial charge >= 0.3 is 0 Å². The summed E-state index contributed by atoms with van der Waals surface area (Å²) in [4.78, 5) is 20.5. The number of pyridine rings is 2. The number of aliphatic hydroxyl groups excluding tert-OH is 1. The van der Waals surface area contributed by atoms with E-state index in [0.717, 1.165) is 21.8 Å². The van der Waals surface area contributed by atoms with Crippen molar-refractivity contribution in [3.63, 3.8) is 0 Å². The van der Waals surface area contributed by atoms with E-state index in [1.807, 2.05) is 36.4 Å². The van der Waals surface area contributed by atoms with E-state index in [2.05, 4.69) is 34.2 Å². The molecule has 0 fully saturated rings. The molecule has 0 atom stereocenters. The number of aromatic nitrogens is 2. The Labute approximate surface area is 227 Å². The molecule has 4 nitrogen and oxygen atoms in total. The fraction of sp³-hybridized carbons (Fsp3) is 0. The van der Waals surface area contributed by atoms with Gasteiger partial charge < -0.3 is 5.11 Å². The molecule has 0 aliphatic heterocycles. The van der Waals surface area contributed by atoms with Gasteiger partial charge in [0.25, 0.3) is 0 Å². The molecular weight excluding hydrogens is 536 g/mol. The molecule has 32 heavy (non-hydrogen) atoms. The average molecular weight is 556 g/mol. The first kappa shape index (κ1) is 23.9. The number of ketones is 1. The van der Waals surface area contributed by atoms with Crippen molar-refractivity contribution in [2.24, 2.45) is 0 Å². The van der Waals surface area contributed by atoms with Crippen LogP contribution < -0.4 is 0 Å². The molecule has 0 spiro atoms. The Kier molecular flexibility index (Phi) is 8.80. The number of rotatable bonds is 3. The minimum absolute atomic E-state index is 0. The summed E-state index contributed by atoms with van der Waals surface area (Å²) in [6, 6.07) is 30.0. The molecule has 5 aromatic rings. The third-order valence-electron chi connectivity index (χ3n) is 4.74. The molecule has 0 aliphatic rings. The first-order valence-corrected chi connectivity index (χ1v) is 9.86. The van der Waals surface area contributed by atoms with Gasteiger partial charge in [-0.2, -0.15) is 0 Å². The van der Waals surface area contributed by atoms with E-state index < -0.39 is 0 Å². The summed E-state index contributed by atoms with van der Waals surface area (Å²) in [5.74, 6) is -0.216. The molecule has 0 unspecified atom stereocenters. The van der Waals surface area contributed by atoms with Gasteiger partial charge in [0.05, 0.1) is 11.0 Å². The number of carbonyl (C=O) groups excluding carboxylic acids is 1. The second-order valence-corrected chi connectivity index (χ2v) is 6.84. The Bertz CT molecular complexity index is 1300. The summed E-state index contributed by atoms with van der Waals surface area (Å²) in [6.07, 6.45) is 4.84. The van der Waals surface area contributed by atoms with Crippen LogP contribution in [0.1, 0.15) is 15.9 Å². The maximum absolute atomic E-state index is 11.8. The maximum atomic E-state index is 11.8. The first-order chi connectivity index (χ1) is 15.2. The molecule has 0 bridgehead atoms. The van der Waals surface area contributed by atoms with Crippen molar-refractivity contribution in [2.75, 3.05) is 0 Å². The van der Waals surface area contributed by atoms with Crippen LogP contribution in [0.15, 0.2) is 116 Å². The number of fused-ring (bicyclic) bond motifs is 3. The minimum atomic E-state index is -0.202. The minimum Gasteiger partial charge on any atom is -0.507 e. The van der Waals surface area contributed by atoms with Crippen molar-refractivity contribution in [1.82, 2.24) is 9.97 Å². The normalized spacial score (nSPS) is 10.7. The van der Waals surface area contributed by atoms with Crippen LogP contribution in [0, 0.1) is 49.4 Å². The van der Waals surface area contributed by atoms with Crippen LogP contribution in [-0.4, -0.2) is 20.9 Å². The molecule has 5 heteroatoms. The van der Waals surface area contributed by atoms with Crippen LogP contribution >= 0.6 is 0 Å². The smallest absolute Gasteiger partial charge is 0.189 e. The van der Waals surface area contributed by atoms with E-state index in [9.17, 15) is 9.90 Å². The van der Waals surface area contributed by atoms with Crippen LogP contribution in [0.25, 0.3) is 27.6 Å². The predicted molar refractivity (Wildman–Crippen MR) is 125 cm³/mol. The molecule has 0 aliphatic carbocycles. The summed E-state index contributed by atoms with van der Waals surface area (Å²) < 4.78 is 0. The largest absolute Gasteiger partial charge is 0.507 e. The fourth-order valence-corrected chi connectivity index (χ4v) is 3.18. The van der Waals surface area contributed by atoms with E-state index >= 15 is 0 Å². The molecule has 1 N–H and O–H groups in total. The van der Waals surface area contributed by atoms with Crippen LogP contribution in [-0.2, 0) is 0 Å². The van der Waals surface area contributed by atoms with Gasteiger partial charge in [-0.05, 0) is 12.1 Å². The fourth-order valence-electron chi connectivity index (χ4n) is 3.18. The Morgan fingerprint density at radius 1 is 0.625 bits per heavy atom. The van der Waals surface area contributed by atoms with Crippen LogP contribution in [0.4, 0.5) is 0 Å². The first-order valence-electron chi connectivity index (χ1n) is 9.86. The zero-order chi connectivity index (χ0) is 21.5. The summed E-state index contributed by atoms with van der Waals surface area (Å²) in [6.45, 7) is 0. The van der Waals surface area contributed by atoms with Crippen molar-refractivity contribution < 1.29 is 59.3 Å². The molecule has 2 heterocycles. The van der Waals surface area contributed by atoms with Gasteiger partial charge in [0, 0.05) is 89.7 Å². The van der Waals surface area contributed by atoms with Crippen molar-refractivity contribution in [1.29, 1.82) is 0 Å². The van der Waals surface area contributed by atoms with Crippen LogP contribution in [0.5, 0.6) is 0 Å². The van der Waals surface area contributed by atoms with E-state index in [-0.39, 0.29) is 60.9 Å². The van der Waals surface area contributed by atoms with Gasteiger partial charge in [-0.1, -0.05) is 84.9 Å². The van der Waals surface area contributed by atoms with Crippen molar-refractivity contribution in [3.8, 4) is 0 Å². The molecule has 0 amide bonds. The number of nitrogens with zero attached hydrogens (tertiary/aromatic N) is 2. The summed E-state index contributed by atoms with van der Waals surface area (Å²) in [5.41, 5.74) is 3.16. The SMILES string of the molecule is O=C(/C=C(\O)c1ccccc1)c1ccccc1.[Eu].c1cnc2c(c1)ccc1cccnc12. The molecule has 0 saturated carbocycles. The number of hydrogen-bond donors (Lipinski definition) is 1. The Morgan fingerprint density at radius 3 is 1.59 bits per heavy atom. The molecule has 5 rings (SSSR count). The molecule has 3 aromatic carbocycles. The van der Waals surface area contributed by atoms with Crippen LogP contribution in [0.3, 0.4) is 0 Å². The molecule has 2 aromatic heterocycles. The van der Waals surface area contributed by atoms with Gasteiger partial charge in [-0.3, -0.25) is 14.8 Å². The van der Waals surface area contributed by atoms with Crippen molar-refractivity contribution in [2.45, 2.75) is 0 Å². The van der Waals surface area contributed by atoms with Crippen LogP contribution in [0.2, 0.25) is 0 Å². The topological polar surface area (TPSA) is 63.1 Å². The predicted octanol–water partition coefficient (Wildman–Crippen LogP) is 6.25. The molecule has 0 saturated heterocycles. The number of aliphatic hydroxyl groups is 1. The molecular formula is C27H20EuN2O2. The third kappa shape index (κ3) is 5.95. The maximum Gasteiger partial charge on any atom is 0.189 e. The number of hydrogen-bond acceptors (Lipinski definition) is 4. The summed E-state index contributed by atoms with van der Waals surface area (Å²) in [7, 11) is 0. The van der Waals surface area contributed by atoms with Crippen molar-refractivity contribution in [3.05, 3.63) is 127 Å². The van der Waals surface area contributed by atoms with E-state index in [0.29, 0.717) is 11.1 Å². The monoisotopic (exact) mass is 557 g/mol. The average Bonchev–Trinajstić information content (AvgIpc) is 2.85. The van der Waals surface area contributed by atoms with Gasteiger partial charge in [-0.25, -0.2) is 0 Å². The number of allylic oxidation sites excluding steroid dienone is 1. The van der Waals surface area contributed by atoms with Gasteiger partial charge in [-0.15, -0.1) is 0 Å². The van der Waals surface area contributed by atoms with Gasteiger partial charge in [0.1, 0.15) is 5.76 Å². The van der Waals surface area contributed by atoms with Gasteiger partial charge in [0.15, 0.2) is 5.78 Å². The third-order valence-corrected chi connectivity index (χ3v) is 4.74. The van der Waals surface area contributed by atoms with E-state index in [1.165, 1.54) is 6.08 Å². The Morgan fingerprint density at radius 2 is 1.09 bits per heavy atom. The van der Waals surface area contributed by atoms with E-state index in [4.69, 9.17) is 0 Å². The van der Waals surface area contributed by atoms with Gasteiger partial charge in [0.2, 0.25) is 0 Å². The quantitative estimate of drug-likeness (QED) is 0.124. The second kappa shape index (κ2) is 11.8. The Hall–Kier alpha value is -2.73. The number of benzene rings is 3. The number of carbonyl (C=O) groups is 1. The zero-order valence-corrected chi connectivity index (χ0v) is 19.5. The summed E-state index contributed by atoms with van der Waals surface area (Å²) in [5, 5.41) is 12.1. The van der Waals surface area contributed by atoms with E-state index in [1.54, 1.807) is 48.8 Å². The standard InChI is InChI=1S/C15H12O2.C12H8N2.Eu/c16-14(12-7-3-1-4-8-12)11-15(17)13-9-5-2-6-10-13;1-3-9-5-6-10-4-2-8-14-12(10)11(9)13-7-1;/h1-11,16H;1-8H;/b14-11-;;. The summed E-state index contributed by atoms with van der Waals surface area (Å²) >= 11 is 0. The zero-order valence-electron chi connectivity index (χ0n) is 17.1. The molecule has 1 radical (unpaired) electrons. The van der Waals surface area contributed by atoms with Crippen molar-refractivity contribution >= 4 is 33.3 Å². The Balaban J connectivity index is 0.000000178. The second-order valence-electron chi connectivity index (χ2n) is 6.84.